The van der Waals surface area contributed by atoms with Gasteiger partial charge in [0.2, 0.25) is 5.91 Å². The van der Waals surface area contributed by atoms with Gasteiger partial charge in [-0.25, -0.2) is 14.2 Å². The molecule has 41 heavy (non-hydrogen) atoms. The van der Waals surface area contributed by atoms with E-state index in [9.17, 15) is 23.9 Å². The highest BCUT2D eigenvalue weighted by Gasteiger charge is 2.46. The highest BCUT2D eigenvalue weighted by Crippen LogP contribution is 2.47. The molecule has 0 saturated heterocycles. The smallest absolute Gasteiger partial charge is 0.343 e. The summed E-state index contributed by atoms with van der Waals surface area (Å²) in [6.45, 7) is 5.75. The summed E-state index contributed by atoms with van der Waals surface area (Å²) in [5, 5.41) is 15.3. The summed E-state index contributed by atoms with van der Waals surface area (Å²) < 4.78 is 21.8. The number of hydrogen-bond acceptors (Lipinski definition) is 6. The number of halogens is 2. The van der Waals surface area contributed by atoms with E-state index in [1.807, 2.05) is 0 Å². The Morgan fingerprint density at radius 3 is 2.68 bits per heavy atom. The number of aromatic nitrogens is 2. The van der Waals surface area contributed by atoms with Gasteiger partial charge in [-0.05, 0) is 61.1 Å². The summed E-state index contributed by atoms with van der Waals surface area (Å²) in [7, 11) is 0. The van der Waals surface area contributed by atoms with Crippen LogP contribution in [0.2, 0.25) is 5.02 Å². The molecule has 0 bridgehead atoms. The molecule has 1 aromatic carbocycles. The second kappa shape index (κ2) is 9.10. The number of ether oxygens (including phenoxy) is 1. The molecule has 0 radical (unpaired) electrons. The fraction of sp³-hybridized carbons (Fsp3) is 0.484. The van der Waals surface area contributed by atoms with Crippen LogP contribution >= 0.6 is 11.6 Å². The third-order valence-corrected chi connectivity index (χ3v) is 9.92. The van der Waals surface area contributed by atoms with Crippen molar-refractivity contribution in [2.75, 3.05) is 0 Å². The number of nitrogens with one attached hydrogen (secondary N) is 1. The van der Waals surface area contributed by atoms with Gasteiger partial charge >= 0.3 is 5.97 Å². The Balaban J connectivity index is 1.44. The number of aliphatic hydroxyl groups is 1. The minimum absolute atomic E-state index is 0.00897. The van der Waals surface area contributed by atoms with E-state index < -0.39 is 17.4 Å². The summed E-state index contributed by atoms with van der Waals surface area (Å²) in [6.07, 6.45) is 3.14. The van der Waals surface area contributed by atoms with Crippen LogP contribution in [-0.2, 0) is 39.5 Å². The van der Waals surface area contributed by atoms with Crippen LogP contribution in [-0.4, -0.2) is 26.5 Å². The minimum Gasteiger partial charge on any atom is -0.458 e. The largest absolute Gasteiger partial charge is 0.458 e. The Kier molecular flexibility index (Phi) is 5.90. The lowest BCUT2D eigenvalue weighted by molar-refractivity contribution is -0.172. The molecule has 214 valence electrons. The number of benzene rings is 1. The highest BCUT2D eigenvalue weighted by atomic mass is 35.5. The Hall–Kier alpha value is -3.30. The molecule has 8 nitrogen and oxygen atoms in total. The van der Waals surface area contributed by atoms with Crippen LogP contribution < -0.4 is 10.9 Å². The van der Waals surface area contributed by atoms with Crippen molar-refractivity contribution < 1.29 is 23.8 Å². The first-order chi connectivity index (χ1) is 19.5. The Morgan fingerprint density at radius 1 is 1.24 bits per heavy atom. The third kappa shape index (κ3) is 3.74. The minimum atomic E-state index is -1.95. The Labute approximate surface area is 240 Å². The molecule has 1 amide bonds. The van der Waals surface area contributed by atoms with Gasteiger partial charge in [-0.1, -0.05) is 32.4 Å². The number of amides is 1. The van der Waals surface area contributed by atoms with Gasteiger partial charge < -0.3 is 19.7 Å². The van der Waals surface area contributed by atoms with Crippen LogP contribution in [0, 0.1) is 23.6 Å². The number of cyclic esters (lactones) is 1. The van der Waals surface area contributed by atoms with Crippen LogP contribution in [0.15, 0.2) is 16.9 Å². The van der Waals surface area contributed by atoms with Crippen molar-refractivity contribution in [2.45, 2.75) is 77.7 Å². The van der Waals surface area contributed by atoms with Crippen molar-refractivity contribution >= 4 is 34.4 Å². The number of fused-ring (bicyclic) bond motifs is 5. The average molecular weight is 580 g/mol. The summed E-state index contributed by atoms with van der Waals surface area (Å²) in [5.74, 6) is -0.872. The maximum absolute atomic E-state index is 15.0. The van der Waals surface area contributed by atoms with Crippen LogP contribution in [0.25, 0.3) is 22.3 Å². The molecule has 0 unspecified atom stereocenters. The zero-order chi connectivity index (χ0) is 29.0. The van der Waals surface area contributed by atoms with E-state index in [1.165, 1.54) is 6.07 Å². The maximum atomic E-state index is 15.0. The lowest BCUT2D eigenvalue weighted by Gasteiger charge is -2.31. The Bertz CT molecular complexity index is 1740. The van der Waals surface area contributed by atoms with E-state index in [-0.39, 0.29) is 65.1 Å². The average Bonchev–Trinajstić information content (AvgIpc) is 3.69. The topological polar surface area (TPSA) is 111 Å². The normalized spacial score (nSPS) is 23.2. The van der Waals surface area contributed by atoms with Gasteiger partial charge in [0.05, 0.1) is 40.1 Å². The SMILES string of the molecule is CC[C@@]1(O)C(=O)OCc2c1cc1n(c2=O)Cc2c-1nc1cc(F)c(Cl)c3c1c2[C@@H](NC(=O)[C@@H](C(C)C)C1CC1)CC3. The lowest BCUT2D eigenvalue weighted by Crippen LogP contribution is -2.44. The van der Waals surface area contributed by atoms with Crippen molar-refractivity contribution in [1.29, 1.82) is 0 Å². The molecule has 4 heterocycles. The zero-order valence-corrected chi connectivity index (χ0v) is 23.9. The van der Waals surface area contributed by atoms with Gasteiger partial charge in [0, 0.05) is 28.5 Å². The lowest BCUT2D eigenvalue weighted by atomic mass is 9.82. The van der Waals surface area contributed by atoms with Crippen molar-refractivity contribution in [3.05, 3.63) is 61.1 Å². The number of aryl methyl sites for hydroxylation is 1. The second-order valence-electron chi connectivity index (χ2n) is 12.2. The molecule has 1 saturated carbocycles. The molecule has 2 aromatic heterocycles. The van der Waals surface area contributed by atoms with Gasteiger partial charge in [-0.3, -0.25) is 9.59 Å². The molecule has 10 heteroatoms. The monoisotopic (exact) mass is 579 g/mol. The van der Waals surface area contributed by atoms with Gasteiger partial charge in [0.1, 0.15) is 12.4 Å². The third-order valence-electron chi connectivity index (χ3n) is 9.51. The molecule has 3 atom stereocenters. The van der Waals surface area contributed by atoms with Crippen LogP contribution in [0.4, 0.5) is 4.39 Å². The standard InChI is InChI=1S/C31H31ClFN3O5/c1-4-31(40)18-9-22-27-16(11-36(22)29(38)17(18)12-41-30(31)39)25-20(35-28(37)23(13(2)3)14-5-6-14)8-7-15-24(25)21(34-27)10-19(33)26(15)32/h9-10,13-14,20,23,40H,4-8,11-12H2,1-3H3,(H,35,37)/t20-,23-,31-/m0/s1. The molecular weight excluding hydrogens is 549 g/mol. The first kappa shape index (κ1) is 26.6. The number of carbonyl (C=O) groups is 2. The van der Waals surface area contributed by atoms with E-state index in [2.05, 4.69) is 19.2 Å². The predicted molar refractivity (Wildman–Crippen MR) is 150 cm³/mol. The van der Waals surface area contributed by atoms with Crippen LogP contribution in [0.1, 0.15) is 80.3 Å². The van der Waals surface area contributed by atoms with Gasteiger partial charge in [0.25, 0.3) is 5.56 Å². The number of rotatable bonds is 5. The fourth-order valence-corrected chi connectivity index (χ4v) is 7.53. The molecule has 2 aliphatic heterocycles. The first-order valence-corrected chi connectivity index (χ1v) is 14.7. The quantitative estimate of drug-likeness (QED) is 0.333. The maximum Gasteiger partial charge on any atom is 0.343 e. The van der Waals surface area contributed by atoms with Crippen LogP contribution in [0.3, 0.4) is 0 Å². The van der Waals surface area contributed by atoms with Crippen molar-refractivity contribution in [1.82, 2.24) is 14.9 Å². The van der Waals surface area contributed by atoms with Gasteiger partial charge in [-0.2, -0.15) is 0 Å². The zero-order valence-electron chi connectivity index (χ0n) is 23.1. The van der Waals surface area contributed by atoms with E-state index >= 15 is 0 Å². The number of carbonyl (C=O) groups excluding carboxylic acids is 2. The van der Waals surface area contributed by atoms with Crippen molar-refractivity contribution in [2.24, 2.45) is 17.8 Å². The molecule has 2 N–H and O–H groups in total. The van der Waals surface area contributed by atoms with E-state index in [4.69, 9.17) is 21.3 Å². The molecule has 4 aliphatic rings. The molecule has 7 rings (SSSR count). The summed E-state index contributed by atoms with van der Waals surface area (Å²) in [5.41, 5.74) is 1.64. The molecule has 0 spiro atoms. The van der Waals surface area contributed by atoms with Crippen LogP contribution in [0.5, 0.6) is 0 Å². The van der Waals surface area contributed by atoms with Crippen molar-refractivity contribution in [3.63, 3.8) is 0 Å². The second-order valence-corrected chi connectivity index (χ2v) is 12.6. The molecule has 1 fully saturated rings. The van der Waals surface area contributed by atoms with Gasteiger partial charge in [-0.15, -0.1) is 0 Å². The first-order valence-electron chi connectivity index (χ1n) is 14.4. The number of hydrogen-bond donors (Lipinski definition) is 2. The Morgan fingerprint density at radius 2 is 2.00 bits per heavy atom. The molecule has 2 aliphatic carbocycles. The van der Waals surface area contributed by atoms with E-state index in [1.54, 1.807) is 17.6 Å². The van der Waals surface area contributed by atoms with Gasteiger partial charge in [0.15, 0.2) is 5.60 Å². The summed E-state index contributed by atoms with van der Waals surface area (Å²) in [6, 6.07) is 2.58. The molecular formula is C31H31ClFN3O5. The number of esters is 1. The summed E-state index contributed by atoms with van der Waals surface area (Å²) in [4.78, 5) is 44.8. The molecule has 3 aromatic rings. The predicted octanol–water partition coefficient (Wildman–Crippen LogP) is 4.66. The highest BCUT2D eigenvalue weighted by molar-refractivity contribution is 6.32. The number of pyridine rings is 2. The number of nitrogens with zero attached hydrogens (tertiary/aromatic N) is 2. The van der Waals surface area contributed by atoms with E-state index in [0.717, 1.165) is 24.0 Å². The fourth-order valence-electron chi connectivity index (χ4n) is 7.28. The summed E-state index contributed by atoms with van der Waals surface area (Å²) >= 11 is 6.47. The van der Waals surface area contributed by atoms with Crippen molar-refractivity contribution in [3.8, 4) is 11.4 Å². The van der Waals surface area contributed by atoms with E-state index in [0.29, 0.717) is 46.6 Å².